The number of carboxylic acids is 1. The Kier molecular flexibility index (Phi) is 28.7. The Labute approximate surface area is 475 Å². The summed E-state index contributed by atoms with van der Waals surface area (Å²) in [6, 6.07) is 0. The number of aliphatic hydroxyl groups is 12. The van der Waals surface area contributed by atoms with Crippen molar-refractivity contribution >= 4 is 23.9 Å². The maximum Gasteiger partial charge on any atom is 0.330 e. The Hall–Kier alpha value is -3.02. The van der Waals surface area contributed by atoms with E-state index < -0.39 is 194 Å². The molecule has 26 unspecified atom stereocenters. The van der Waals surface area contributed by atoms with Crippen molar-refractivity contribution in [3.8, 4) is 0 Å². The van der Waals surface area contributed by atoms with Crippen LogP contribution in [0, 0.1) is 29.6 Å². The number of rotatable bonds is 15. The third-order valence-electron chi connectivity index (χ3n) is 16.9. The minimum atomic E-state index is -2.43. The van der Waals surface area contributed by atoms with E-state index in [1.54, 1.807) is 48.5 Å². The first-order valence-electron chi connectivity index (χ1n) is 29.3. The van der Waals surface area contributed by atoms with E-state index >= 15 is 0 Å². The molecule has 4 aliphatic rings. The fourth-order valence-electron chi connectivity index (χ4n) is 11.5. The first-order chi connectivity index (χ1) is 37.9. The number of cyclic esters (lactones) is 1. The molecule has 3 saturated heterocycles. The van der Waals surface area contributed by atoms with E-state index in [9.17, 15) is 85.6 Å². The Balaban J connectivity index is 1.56. The van der Waals surface area contributed by atoms with Gasteiger partial charge in [0.2, 0.25) is 0 Å². The van der Waals surface area contributed by atoms with Gasteiger partial charge in [-0.3, -0.25) is 14.4 Å². The molecule has 0 radical (unpaired) electrons. The maximum absolute atomic E-state index is 13.7. The summed E-state index contributed by atoms with van der Waals surface area (Å²) in [6.45, 7) is 13.5. The number of aliphatic hydroxyl groups excluding tert-OH is 11. The molecule has 24 heteroatoms. The molecule has 0 amide bonds. The van der Waals surface area contributed by atoms with Gasteiger partial charge in [0.15, 0.2) is 12.1 Å². The van der Waals surface area contributed by atoms with E-state index in [0.29, 0.717) is 6.42 Å². The van der Waals surface area contributed by atoms with Gasteiger partial charge < -0.3 is 99.5 Å². The van der Waals surface area contributed by atoms with Crippen LogP contribution in [-0.4, -0.2) is 218 Å². The minimum absolute atomic E-state index is 0.0306. The Morgan fingerprint density at radius 2 is 1.35 bits per heavy atom. The molecule has 4 aliphatic heterocycles. The van der Waals surface area contributed by atoms with Crippen molar-refractivity contribution in [1.29, 1.82) is 0 Å². The monoisotopic (exact) mass is 1170 g/mol. The molecular weight excluding hydrogens is 1070 g/mol. The van der Waals surface area contributed by atoms with Crippen LogP contribution in [0.3, 0.4) is 0 Å². The van der Waals surface area contributed by atoms with Crippen molar-refractivity contribution < 1.29 is 119 Å². The minimum Gasteiger partial charge on any atom is -0.481 e. The van der Waals surface area contributed by atoms with Crippen LogP contribution >= 0.6 is 0 Å². The van der Waals surface area contributed by atoms with Gasteiger partial charge >= 0.3 is 23.9 Å². The summed E-state index contributed by atoms with van der Waals surface area (Å²) in [5.41, 5.74) is 0. The van der Waals surface area contributed by atoms with E-state index in [0.717, 1.165) is 12.5 Å². The lowest BCUT2D eigenvalue weighted by Crippen LogP contribution is -2.59. The van der Waals surface area contributed by atoms with Gasteiger partial charge in [0.1, 0.15) is 43.0 Å². The van der Waals surface area contributed by atoms with E-state index in [1.165, 1.54) is 6.08 Å². The summed E-state index contributed by atoms with van der Waals surface area (Å²) in [6.07, 6.45) is -20.4. The summed E-state index contributed by atoms with van der Waals surface area (Å²) >= 11 is 0. The van der Waals surface area contributed by atoms with Crippen LogP contribution < -0.4 is 0 Å². The molecule has 24 nitrogen and oxygen atoms in total. The molecule has 0 aromatic carbocycles. The summed E-state index contributed by atoms with van der Waals surface area (Å²) in [7, 11) is 0. The number of ether oxygens (including phenoxy) is 7. The predicted octanol–water partition coefficient (Wildman–Crippen LogP) is 1.18. The quantitative estimate of drug-likeness (QED) is 0.0474. The second-order valence-electron chi connectivity index (χ2n) is 23.9. The second-order valence-corrected chi connectivity index (χ2v) is 23.9. The second kappa shape index (κ2) is 33.0. The summed E-state index contributed by atoms with van der Waals surface area (Å²) < 4.78 is 41.3. The Morgan fingerprint density at radius 1 is 0.716 bits per heavy atom. The zero-order valence-electron chi connectivity index (χ0n) is 48.4. The third kappa shape index (κ3) is 22.1. The van der Waals surface area contributed by atoms with Gasteiger partial charge in [-0.1, -0.05) is 54.0 Å². The zero-order chi connectivity index (χ0) is 60.6. The first kappa shape index (κ1) is 70.5. The summed E-state index contributed by atoms with van der Waals surface area (Å²) in [4.78, 5) is 50.5. The fourth-order valence-corrected chi connectivity index (χ4v) is 11.5. The highest BCUT2D eigenvalue weighted by Crippen LogP contribution is 2.42. The molecule has 3 fully saturated rings. The zero-order valence-corrected chi connectivity index (χ0v) is 48.4. The Morgan fingerprint density at radius 3 is 2.00 bits per heavy atom. The van der Waals surface area contributed by atoms with Crippen molar-refractivity contribution in [2.45, 2.75) is 293 Å². The van der Waals surface area contributed by atoms with Gasteiger partial charge in [0.05, 0.1) is 79.4 Å². The van der Waals surface area contributed by atoms with Crippen LogP contribution in [0.5, 0.6) is 0 Å². The summed E-state index contributed by atoms with van der Waals surface area (Å²) in [5, 5.41) is 142. The van der Waals surface area contributed by atoms with Gasteiger partial charge in [0.25, 0.3) is 0 Å². The normalized spacial score (nSPS) is 40.0. The molecule has 26 atom stereocenters. The average Bonchev–Trinajstić information content (AvgIpc) is 4.21. The first-order valence-corrected chi connectivity index (χ1v) is 29.3. The van der Waals surface area contributed by atoms with E-state index in [4.69, 9.17) is 33.2 Å². The molecule has 4 heterocycles. The average molecular weight is 1170 g/mol. The maximum atomic E-state index is 13.7. The number of carbonyl (C=O) groups excluding carboxylic acids is 3. The number of aliphatic carboxylic acids is 1. The topological polar surface area (TPSA) is 399 Å². The lowest BCUT2D eigenvalue weighted by molar-refractivity contribution is -0.333. The number of carboxylic acid groups (broad SMARTS) is 1. The van der Waals surface area contributed by atoms with Crippen molar-refractivity contribution in [2.75, 3.05) is 0 Å². The molecule has 4 rings (SSSR count). The van der Waals surface area contributed by atoms with Crippen molar-refractivity contribution in [3.63, 3.8) is 0 Å². The molecule has 13 N–H and O–H groups in total. The van der Waals surface area contributed by atoms with Gasteiger partial charge in [-0.15, -0.1) is 0 Å². The van der Waals surface area contributed by atoms with Gasteiger partial charge in [-0.25, -0.2) is 4.79 Å². The molecule has 0 aromatic heterocycles. The number of hydrogen-bond acceptors (Lipinski definition) is 23. The predicted molar refractivity (Wildman–Crippen MR) is 286 cm³/mol. The van der Waals surface area contributed by atoms with E-state index in [2.05, 4.69) is 0 Å². The Bertz CT molecular complexity index is 1940. The number of unbranched alkanes of at least 4 members (excludes halogenated alkanes) is 1. The molecule has 2 bridgehead atoms. The highest BCUT2D eigenvalue weighted by molar-refractivity contribution is 5.90. The molecule has 470 valence electrons. The van der Waals surface area contributed by atoms with E-state index in [1.807, 2.05) is 6.92 Å². The third-order valence-corrected chi connectivity index (χ3v) is 16.9. The SMILES string of the molecule is CCCCC(=O)OC1CC(OC(C)C(C)C(O)C(C)C(O)C(C)C2OC(=O)C=CCC(O)CC(O)CC(O)CCC(C)C(O)CC3(O)OC(CC(O)CC(O)CCCC(OC(=O)CC(=O)O)C4OC4C2C)CC(O)C3O)OC(C)C1O. The van der Waals surface area contributed by atoms with Crippen LogP contribution in [0.1, 0.15) is 165 Å². The molecule has 0 spiro atoms. The van der Waals surface area contributed by atoms with Crippen LogP contribution in [0.15, 0.2) is 12.2 Å². The number of hydrogen-bond donors (Lipinski definition) is 13. The van der Waals surface area contributed by atoms with Gasteiger partial charge in [-0.05, 0) is 90.4 Å². The molecule has 81 heavy (non-hydrogen) atoms. The van der Waals surface area contributed by atoms with Crippen LogP contribution in [0.2, 0.25) is 0 Å². The summed E-state index contributed by atoms with van der Waals surface area (Å²) in [5.74, 6) is -10.1. The fraction of sp³-hybridized carbons (Fsp3) is 0.895. The van der Waals surface area contributed by atoms with Crippen LogP contribution in [0.25, 0.3) is 0 Å². The largest absolute Gasteiger partial charge is 0.481 e. The molecule has 0 aliphatic carbocycles. The lowest BCUT2D eigenvalue weighted by Gasteiger charge is -2.45. The van der Waals surface area contributed by atoms with Crippen molar-refractivity contribution in [3.05, 3.63) is 12.2 Å². The number of esters is 3. The van der Waals surface area contributed by atoms with Gasteiger partial charge in [-0.2, -0.15) is 0 Å². The smallest absolute Gasteiger partial charge is 0.330 e. The molecule has 0 saturated carbocycles. The van der Waals surface area contributed by atoms with Crippen molar-refractivity contribution in [1.82, 2.24) is 0 Å². The van der Waals surface area contributed by atoms with Gasteiger partial charge in [0, 0.05) is 55.4 Å². The van der Waals surface area contributed by atoms with Crippen LogP contribution in [-0.2, 0) is 52.3 Å². The van der Waals surface area contributed by atoms with Crippen LogP contribution in [0.4, 0.5) is 0 Å². The molecule has 0 aromatic rings. The number of carbonyl (C=O) groups is 4. The number of epoxide rings is 1. The lowest BCUT2D eigenvalue weighted by atomic mass is 9.77. The molecular formula is C57H98O24. The van der Waals surface area contributed by atoms with Crippen molar-refractivity contribution in [2.24, 2.45) is 29.6 Å². The number of fused-ring (bicyclic) bond motifs is 3. The highest BCUT2D eigenvalue weighted by atomic mass is 16.7. The standard InChI is InChI=1S/C57H98O24/c1-9-10-16-46(67)78-44-25-49(76-34(8)52(44)72)75-33(7)29(3)50(70)30(4)51(71)31(5)53-32(6)54-55(80-54)43(77-48(69)26-45(65)66)15-11-13-35(58)21-39(62)23-40-24-41(63)56(73)57(74,81-40)27-42(64)28(2)18-19-37(60)22-38(61)20-36(59)14-12-17-47(68)79-53/h12,17,28-44,49-56,58-64,70-74H,9-11,13-16,18-27H2,1-8H3,(H,65,66). The highest BCUT2D eigenvalue weighted by Gasteiger charge is 2.54. The van der Waals surface area contributed by atoms with E-state index in [-0.39, 0.29) is 83.5 Å².